The molecule has 2 saturated heterocycles. The number of esters is 2. The second kappa shape index (κ2) is 29.9. The van der Waals surface area contributed by atoms with E-state index in [1.54, 1.807) is 40.0 Å². The van der Waals surface area contributed by atoms with Crippen molar-refractivity contribution in [3.05, 3.63) is 82.2 Å². The number of amides is 1. The first kappa shape index (κ1) is 65.7. The number of fused-ring (bicyclic) bond motifs is 4. The predicted molar refractivity (Wildman–Crippen MR) is 313 cm³/mol. The summed E-state index contributed by atoms with van der Waals surface area (Å²) >= 11 is 8.44. The lowest BCUT2D eigenvalue weighted by atomic mass is 9.81. The van der Waals surface area contributed by atoms with Gasteiger partial charge >= 0.3 is 11.9 Å². The number of benzene rings is 1. The highest BCUT2D eigenvalue weighted by atomic mass is 35.5. The number of alkyl halides is 1. The number of aromatic nitrogens is 1. The van der Waals surface area contributed by atoms with Gasteiger partial charge in [-0.1, -0.05) is 65.2 Å². The second-order valence-electron chi connectivity index (χ2n) is 23.7. The fourth-order valence-corrected chi connectivity index (χ4v) is 13.9. The Morgan fingerprint density at radius 2 is 1.65 bits per heavy atom. The smallest absolute Gasteiger partial charge is 0.339 e. The van der Waals surface area contributed by atoms with Crippen LogP contribution in [-0.2, 0) is 53.0 Å². The summed E-state index contributed by atoms with van der Waals surface area (Å²) in [5, 5.41) is 23.6. The van der Waals surface area contributed by atoms with E-state index in [1.165, 1.54) is 47.9 Å². The Hall–Kier alpha value is -4.44. The third kappa shape index (κ3) is 16.7. The fraction of sp³-hybridized carbons (Fsp3) is 0.656. The number of carbonyl (C=O) groups is 5. The zero-order chi connectivity index (χ0) is 59.3. The van der Waals surface area contributed by atoms with Crippen molar-refractivity contribution in [1.82, 2.24) is 9.88 Å². The van der Waals surface area contributed by atoms with E-state index in [2.05, 4.69) is 55.8 Å². The van der Waals surface area contributed by atoms with Crippen molar-refractivity contribution >= 4 is 52.8 Å². The number of hydrogen-bond donors (Lipinski definition) is 2. The first-order chi connectivity index (χ1) is 38.5. The molecule has 81 heavy (non-hydrogen) atoms. The van der Waals surface area contributed by atoms with Crippen LogP contribution >= 0.6 is 23.4 Å². The molecule has 7 rings (SSSR count). The molecule has 5 heterocycles. The Balaban J connectivity index is 0.000000349. The van der Waals surface area contributed by atoms with Crippen molar-refractivity contribution in [3.63, 3.8) is 0 Å². The minimum atomic E-state index is -2.49. The minimum Gasteiger partial charge on any atom is -0.462 e. The van der Waals surface area contributed by atoms with Crippen molar-refractivity contribution in [2.75, 3.05) is 40.2 Å². The van der Waals surface area contributed by atoms with Gasteiger partial charge in [0.2, 0.25) is 5.79 Å². The van der Waals surface area contributed by atoms with Crippen LogP contribution in [0.15, 0.2) is 64.7 Å². The highest BCUT2D eigenvalue weighted by Gasteiger charge is 2.56. The van der Waals surface area contributed by atoms with Crippen molar-refractivity contribution < 1.29 is 62.6 Å². The number of aliphatic hydroxyl groups excluding tert-OH is 1. The number of cyclic esters (lactones) is 1. The minimum absolute atomic E-state index is 0.0425. The standard InChI is InChI=1S/C43H68ClNO11.C21H21NO2S/c1-10-30-18-24(2)17-25(3)19-36(53-8)39-37(54-9)21-27(5)43(51,56-39)40(48)41(49)45-16-12-11-13-32(45)42(50)55-38(28(6)33(46)23-34(30)47)26(4)20-29-14-15-31(44)35(22-29)52-7;1-4-24-20(23)16-7-9-17(22-14-16)8-5-15-6-10-19-18(13-15)21(2,3)11-12-25-19/h18,20,25,27-33,35-39,46,51H,10-17,19,21-23H2,1-9H3;6-7,9-10,13-14H,4,11-12H2,1-3H3/b24-18+,26-20+;/t25-,27+,28+,29-,30+,31+,32-,33-,35+,36-,37-,38+,39+,43+;/m0./s1. The molecule has 17 heteroatoms. The number of aliphatic hydroxyl groups is 2. The summed E-state index contributed by atoms with van der Waals surface area (Å²) in [6, 6.07) is 8.76. The van der Waals surface area contributed by atoms with Crippen LogP contribution in [-0.4, -0.2) is 144 Å². The summed E-state index contributed by atoms with van der Waals surface area (Å²) in [7, 11) is 4.71. The van der Waals surface area contributed by atoms with Crippen LogP contribution in [0, 0.1) is 41.4 Å². The first-order valence-electron chi connectivity index (χ1n) is 29.2. The third-order valence-corrected chi connectivity index (χ3v) is 18.7. The molecule has 5 aliphatic rings. The Labute approximate surface area is 490 Å². The van der Waals surface area contributed by atoms with Gasteiger partial charge in [-0.05, 0) is 162 Å². The average Bonchev–Trinajstić information content (AvgIpc) is 3.57. The zero-order valence-corrected chi connectivity index (χ0v) is 51.4. The van der Waals surface area contributed by atoms with Gasteiger partial charge in [0, 0.05) is 68.7 Å². The molecule has 1 saturated carbocycles. The Bertz CT molecular complexity index is 2630. The highest BCUT2D eigenvalue weighted by molar-refractivity contribution is 7.99. The Morgan fingerprint density at radius 3 is 2.32 bits per heavy atom. The van der Waals surface area contributed by atoms with E-state index < -0.39 is 77.8 Å². The molecule has 3 fully saturated rings. The number of nitrogens with zero attached hydrogens (tertiary/aromatic N) is 2. The van der Waals surface area contributed by atoms with Crippen LogP contribution in [0.3, 0.4) is 0 Å². The summed E-state index contributed by atoms with van der Waals surface area (Å²) in [4.78, 5) is 74.9. The molecule has 14 atom stereocenters. The van der Waals surface area contributed by atoms with E-state index in [0.29, 0.717) is 62.0 Å². The summed E-state index contributed by atoms with van der Waals surface area (Å²) < 4.78 is 34.8. The maximum absolute atomic E-state index is 14.3. The van der Waals surface area contributed by atoms with Gasteiger partial charge in [-0.25, -0.2) is 14.6 Å². The van der Waals surface area contributed by atoms with Crippen molar-refractivity contribution in [1.29, 1.82) is 0 Å². The number of allylic oxidation sites excluding steroid dienone is 3. The summed E-state index contributed by atoms with van der Waals surface area (Å²) in [5.74, 6) is -0.241. The monoisotopic (exact) mass is 1160 g/mol. The van der Waals surface area contributed by atoms with E-state index in [0.717, 1.165) is 24.0 Å². The van der Waals surface area contributed by atoms with Gasteiger partial charge in [0.1, 0.15) is 29.7 Å². The largest absolute Gasteiger partial charge is 0.462 e. The Morgan fingerprint density at radius 1 is 0.938 bits per heavy atom. The third-order valence-electron chi connectivity index (χ3n) is 17.2. The average molecular weight is 1160 g/mol. The molecular formula is C64H89ClN2O13S. The number of carbonyl (C=O) groups excluding carboxylic acids is 5. The number of hydrogen-bond acceptors (Lipinski definition) is 15. The quantitative estimate of drug-likeness (QED) is 0.0832. The van der Waals surface area contributed by atoms with Crippen LogP contribution < -0.4 is 0 Å². The normalized spacial score (nSPS) is 33.3. The predicted octanol–water partition coefficient (Wildman–Crippen LogP) is 10.2. The van der Waals surface area contributed by atoms with Gasteiger partial charge in [-0.3, -0.25) is 14.4 Å². The number of pyridine rings is 1. The van der Waals surface area contributed by atoms with Crippen LogP contribution in [0.25, 0.3) is 0 Å². The molecule has 0 radical (unpaired) electrons. The maximum Gasteiger partial charge on any atom is 0.339 e. The van der Waals surface area contributed by atoms with Gasteiger partial charge in [0.25, 0.3) is 11.7 Å². The lowest BCUT2D eigenvalue weighted by Crippen LogP contribution is -2.64. The van der Waals surface area contributed by atoms with E-state index >= 15 is 0 Å². The molecule has 1 aromatic heterocycles. The summed E-state index contributed by atoms with van der Waals surface area (Å²) in [6.07, 6.45) is 7.85. The Kier molecular flexibility index (Phi) is 24.2. The molecule has 1 aliphatic carbocycles. The van der Waals surface area contributed by atoms with Gasteiger partial charge in [0.05, 0.1) is 42.0 Å². The second-order valence-corrected chi connectivity index (χ2v) is 25.4. The van der Waals surface area contributed by atoms with Crippen LogP contribution in [0.4, 0.5) is 0 Å². The van der Waals surface area contributed by atoms with Gasteiger partial charge in [-0.2, -0.15) is 0 Å². The molecule has 2 N–H and O–H groups in total. The number of ketones is 2. The first-order valence-corrected chi connectivity index (χ1v) is 30.6. The van der Waals surface area contributed by atoms with E-state index in [1.807, 2.05) is 44.7 Å². The van der Waals surface area contributed by atoms with E-state index in [4.69, 9.17) is 40.0 Å². The number of Topliss-reactive ketones (excluding diaryl/α,β-unsaturated/α-hetero) is 2. The van der Waals surface area contributed by atoms with Crippen molar-refractivity contribution in [3.8, 4) is 11.8 Å². The summed E-state index contributed by atoms with van der Waals surface area (Å²) in [5.41, 5.74) is 5.35. The molecule has 0 spiro atoms. The number of ether oxygens (including phenoxy) is 6. The topological polar surface area (TPSA) is 197 Å². The number of thioether (sulfide) groups is 1. The SMILES string of the molecule is CCOC(=O)c1ccc(C#Cc2ccc3c(c2)C(C)(C)CCS3)nc1.CC[C@@H]1/C=C(\C)C[C@H](C)C[C@H](OC)[C@H]2O[C@@](O)(C(=O)C(=O)N3CCCC[C@H]3C(=O)O[C@H](/C(C)=C/[C@@H]3CC[C@@H](Cl)[C@H](OC)C3)[C@H](C)[C@@H](O)CC1=O)[C@H](C)C[C@@H]2OC. The van der Waals surface area contributed by atoms with Crippen LogP contribution in [0.5, 0.6) is 0 Å². The van der Waals surface area contributed by atoms with Crippen LogP contribution in [0.1, 0.15) is 167 Å². The van der Waals surface area contributed by atoms with Gasteiger partial charge in [-0.15, -0.1) is 23.4 Å². The molecule has 2 bridgehead atoms. The highest BCUT2D eigenvalue weighted by Crippen LogP contribution is 2.43. The number of halogens is 1. The molecular weight excluding hydrogens is 1070 g/mol. The summed E-state index contributed by atoms with van der Waals surface area (Å²) in [6.45, 7) is 18.1. The van der Waals surface area contributed by atoms with Crippen molar-refractivity contribution in [2.24, 2.45) is 29.6 Å². The van der Waals surface area contributed by atoms with Gasteiger partial charge < -0.3 is 43.5 Å². The molecule has 4 aliphatic heterocycles. The van der Waals surface area contributed by atoms with E-state index in [-0.39, 0.29) is 66.3 Å². The maximum atomic E-state index is 14.3. The molecule has 1 amide bonds. The number of methoxy groups -OCH3 is 3. The molecule has 0 unspecified atom stereocenters. The van der Waals surface area contributed by atoms with Gasteiger partial charge in [0.15, 0.2) is 0 Å². The number of rotatable bonds is 8. The van der Waals surface area contributed by atoms with E-state index in [9.17, 15) is 34.2 Å². The molecule has 446 valence electrons. The molecule has 15 nitrogen and oxygen atoms in total. The number of piperidine rings is 1. The zero-order valence-electron chi connectivity index (χ0n) is 49.8. The van der Waals surface area contributed by atoms with Crippen molar-refractivity contribution in [2.45, 2.75) is 204 Å². The molecule has 2 aromatic rings. The fourth-order valence-electron chi connectivity index (χ4n) is 12.1. The molecule has 1 aromatic carbocycles. The lowest BCUT2D eigenvalue weighted by molar-refractivity contribution is -0.302. The van der Waals surface area contributed by atoms with Crippen LogP contribution in [0.2, 0.25) is 0 Å². The lowest BCUT2D eigenvalue weighted by Gasteiger charge is -2.47.